The first-order valence-electron chi connectivity index (χ1n) is 7.88. The van der Waals surface area contributed by atoms with Gasteiger partial charge in [-0.2, -0.15) is 0 Å². The quantitative estimate of drug-likeness (QED) is 0.769. The maximum atomic E-state index is 12.7. The van der Waals surface area contributed by atoms with E-state index >= 15 is 0 Å². The fraction of sp³-hybridized carbons (Fsp3) is 0.750. The first kappa shape index (κ1) is 13.3. The molecule has 21 heavy (non-hydrogen) atoms. The third-order valence-corrected chi connectivity index (χ3v) is 5.97. The lowest BCUT2D eigenvalue weighted by Gasteiger charge is -2.31. The van der Waals surface area contributed by atoms with Gasteiger partial charge in [0.15, 0.2) is 0 Å². The molecule has 2 aliphatic carbocycles. The number of carbonyl (C=O) groups is 2. The van der Waals surface area contributed by atoms with E-state index in [0.717, 1.165) is 12.3 Å². The van der Waals surface area contributed by atoms with Crippen LogP contribution >= 0.6 is 0 Å². The van der Waals surface area contributed by atoms with Crippen molar-refractivity contribution in [3.8, 4) is 0 Å². The number of aliphatic carboxylic acids is 1. The Morgan fingerprint density at radius 1 is 1.33 bits per heavy atom. The highest BCUT2D eigenvalue weighted by molar-refractivity contribution is 5.88. The minimum Gasteiger partial charge on any atom is -0.481 e. The number of rotatable bonds is 3. The third-order valence-electron chi connectivity index (χ3n) is 5.97. The second-order valence-electron chi connectivity index (χ2n) is 7.26. The molecule has 2 aliphatic heterocycles. The van der Waals surface area contributed by atoms with Crippen LogP contribution in [0.2, 0.25) is 0 Å². The summed E-state index contributed by atoms with van der Waals surface area (Å²) in [5.41, 5.74) is -0.768. The maximum Gasteiger partial charge on any atom is 0.310 e. The molecule has 0 radical (unpaired) electrons. The van der Waals surface area contributed by atoms with Crippen LogP contribution in [-0.2, 0) is 14.3 Å². The lowest BCUT2D eigenvalue weighted by molar-refractivity contribution is -0.147. The van der Waals surface area contributed by atoms with Crippen molar-refractivity contribution >= 4 is 11.9 Å². The Kier molecular flexibility index (Phi) is 2.74. The summed E-state index contributed by atoms with van der Waals surface area (Å²) in [6.45, 7) is 1.82. The summed E-state index contributed by atoms with van der Waals surface area (Å²) in [6.07, 6.45) is 7.90. The van der Waals surface area contributed by atoms with E-state index in [1.54, 1.807) is 6.08 Å². The van der Waals surface area contributed by atoms with Gasteiger partial charge < -0.3 is 15.2 Å². The van der Waals surface area contributed by atoms with Crippen molar-refractivity contribution in [1.82, 2.24) is 5.32 Å². The minimum atomic E-state index is -0.943. The first-order chi connectivity index (χ1) is 9.98. The van der Waals surface area contributed by atoms with Gasteiger partial charge in [0.2, 0.25) is 5.91 Å². The van der Waals surface area contributed by atoms with Gasteiger partial charge in [-0.25, -0.2) is 0 Å². The average Bonchev–Trinajstić information content (AvgIpc) is 3.14. The SMILES string of the molecule is C[C@@]12C=C[C@@H](O1)[C@H](C(=O)O)[C@@H]2C(=O)N[C@@H]1C[C@H]2CC[C@H]1C2. The van der Waals surface area contributed by atoms with Crippen molar-refractivity contribution < 1.29 is 19.4 Å². The first-order valence-corrected chi connectivity index (χ1v) is 7.88. The molecule has 4 aliphatic rings. The average molecular weight is 291 g/mol. The van der Waals surface area contributed by atoms with E-state index < -0.39 is 29.5 Å². The number of amides is 1. The summed E-state index contributed by atoms with van der Waals surface area (Å²) in [4.78, 5) is 24.2. The highest BCUT2D eigenvalue weighted by atomic mass is 16.5. The smallest absolute Gasteiger partial charge is 0.310 e. The van der Waals surface area contributed by atoms with E-state index in [0.29, 0.717) is 5.92 Å². The largest absolute Gasteiger partial charge is 0.481 e. The van der Waals surface area contributed by atoms with E-state index in [9.17, 15) is 14.7 Å². The molecule has 114 valence electrons. The topological polar surface area (TPSA) is 75.6 Å². The Hall–Kier alpha value is -1.36. The number of carboxylic acid groups (broad SMARTS) is 1. The number of carboxylic acids is 1. The molecule has 0 unspecified atom stereocenters. The van der Waals surface area contributed by atoms with Crippen LogP contribution in [0.25, 0.3) is 0 Å². The molecule has 4 rings (SSSR count). The van der Waals surface area contributed by atoms with Gasteiger partial charge in [-0.1, -0.05) is 18.6 Å². The standard InChI is InChI=1S/C16H21NO4/c1-16-5-4-11(21-16)12(15(19)20)13(16)14(18)17-10-7-8-2-3-9(10)6-8/h4-5,8-13H,2-3,6-7H2,1H3,(H,17,18)(H,19,20)/t8-,9-,10+,11+,12-,13+,16-/m0/s1. The van der Waals surface area contributed by atoms with E-state index in [4.69, 9.17) is 4.74 Å². The molecule has 2 N–H and O–H groups in total. The molecule has 0 aromatic carbocycles. The van der Waals surface area contributed by atoms with E-state index in [1.165, 1.54) is 19.3 Å². The number of fused-ring (bicyclic) bond motifs is 4. The second kappa shape index (κ2) is 4.32. The summed E-state index contributed by atoms with van der Waals surface area (Å²) < 4.78 is 5.74. The van der Waals surface area contributed by atoms with E-state index in [-0.39, 0.29) is 11.9 Å². The summed E-state index contributed by atoms with van der Waals surface area (Å²) >= 11 is 0. The van der Waals surface area contributed by atoms with Crippen LogP contribution in [0.5, 0.6) is 0 Å². The molecule has 1 saturated heterocycles. The number of hydrogen-bond donors (Lipinski definition) is 2. The van der Waals surface area contributed by atoms with Crippen molar-refractivity contribution in [2.75, 3.05) is 0 Å². The maximum absolute atomic E-state index is 12.7. The van der Waals surface area contributed by atoms with Crippen LogP contribution in [0, 0.1) is 23.7 Å². The van der Waals surface area contributed by atoms with Crippen LogP contribution < -0.4 is 5.32 Å². The molecule has 2 saturated carbocycles. The van der Waals surface area contributed by atoms with Crippen molar-refractivity contribution in [2.24, 2.45) is 23.7 Å². The van der Waals surface area contributed by atoms with Crippen LogP contribution in [-0.4, -0.2) is 34.7 Å². The van der Waals surface area contributed by atoms with Crippen LogP contribution in [0.3, 0.4) is 0 Å². The van der Waals surface area contributed by atoms with Gasteiger partial charge in [0, 0.05) is 6.04 Å². The van der Waals surface area contributed by atoms with Crippen LogP contribution in [0.4, 0.5) is 0 Å². The molecular formula is C16H21NO4. The lowest BCUT2D eigenvalue weighted by Crippen LogP contribution is -2.50. The highest BCUT2D eigenvalue weighted by Crippen LogP contribution is 2.48. The second-order valence-corrected chi connectivity index (χ2v) is 7.26. The van der Waals surface area contributed by atoms with Gasteiger partial charge in [-0.05, 0) is 38.0 Å². The van der Waals surface area contributed by atoms with Gasteiger partial charge in [0.25, 0.3) is 0 Å². The Morgan fingerprint density at radius 3 is 2.76 bits per heavy atom. The fourth-order valence-electron chi connectivity index (χ4n) is 4.97. The molecule has 5 heteroatoms. The summed E-state index contributed by atoms with van der Waals surface area (Å²) in [5, 5.41) is 12.6. The van der Waals surface area contributed by atoms with Crippen molar-refractivity contribution in [2.45, 2.75) is 50.4 Å². The summed E-state index contributed by atoms with van der Waals surface area (Å²) in [6, 6.07) is 0.234. The number of hydrogen-bond acceptors (Lipinski definition) is 3. The van der Waals surface area contributed by atoms with E-state index in [1.807, 2.05) is 13.0 Å². The Morgan fingerprint density at radius 2 is 2.14 bits per heavy atom. The highest BCUT2D eigenvalue weighted by Gasteiger charge is 2.60. The van der Waals surface area contributed by atoms with E-state index in [2.05, 4.69) is 5.32 Å². The molecular weight excluding hydrogens is 270 g/mol. The normalized spacial score (nSPS) is 49.8. The Bertz CT molecular complexity index is 530. The van der Waals surface area contributed by atoms with Crippen LogP contribution in [0.15, 0.2) is 12.2 Å². The minimum absolute atomic E-state index is 0.144. The molecule has 0 aromatic heterocycles. The van der Waals surface area contributed by atoms with Crippen molar-refractivity contribution in [3.05, 3.63) is 12.2 Å². The van der Waals surface area contributed by atoms with Gasteiger partial charge in [0.1, 0.15) is 5.92 Å². The number of nitrogens with one attached hydrogen (secondary N) is 1. The molecule has 5 nitrogen and oxygen atoms in total. The van der Waals surface area contributed by atoms with Gasteiger partial charge >= 0.3 is 5.97 Å². The zero-order valence-electron chi connectivity index (χ0n) is 12.1. The van der Waals surface area contributed by atoms with Gasteiger partial charge in [0.05, 0.1) is 17.6 Å². The summed E-state index contributed by atoms with van der Waals surface area (Å²) in [5.74, 6) is -1.13. The summed E-state index contributed by atoms with van der Waals surface area (Å²) in [7, 11) is 0. The van der Waals surface area contributed by atoms with Crippen molar-refractivity contribution in [1.29, 1.82) is 0 Å². The number of carbonyl (C=O) groups excluding carboxylic acids is 1. The predicted molar refractivity (Wildman–Crippen MR) is 74.4 cm³/mol. The third kappa shape index (κ3) is 1.86. The Balaban J connectivity index is 1.53. The molecule has 0 aromatic rings. The molecule has 7 atom stereocenters. The molecule has 4 bridgehead atoms. The zero-order valence-corrected chi connectivity index (χ0v) is 12.1. The zero-order chi connectivity index (χ0) is 14.8. The Labute approximate surface area is 123 Å². The monoisotopic (exact) mass is 291 g/mol. The van der Waals surface area contributed by atoms with Crippen molar-refractivity contribution in [3.63, 3.8) is 0 Å². The molecule has 1 amide bonds. The number of ether oxygens (including phenoxy) is 1. The molecule has 0 spiro atoms. The molecule has 3 fully saturated rings. The fourth-order valence-corrected chi connectivity index (χ4v) is 4.97. The van der Waals surface area contributed by atoms with Gasteiger partial charge in [-0.3, -0.25) is 9.59 Å². The molecule has 2 heterocycles. The predicted octanol–water partition coefficient (Wildman–Crippen LogP) is 1.34. The lowest BCUT2D eigenvalue weighted by atomic mass is 9.75. The van der Waals surface area contributed by atoms with Crippen LogP contribution in [0.1, 0.15) is 32.6 Å². The van der Waals surface area contributed by atoms with Gasteiger partial charge in [-0.15, -0.1) is 0 Å².